The highest BCUT2D eigenvalue weighted by atomic mass is 16.2. The number of likely N-dealkylation sites (N-methyl/N-ethyl adjacent to an activating group) is 1. The van der Waals surface area contributed by atoms with Crippen LogP contribution in [0.2, 0.25) is 0 Å². The molecule has 1 unspecified atom stereocenters. The number of pyridine rings is 1. The van der Waals surface area contributed by atoms with Gasteiger partial charge in [0, 0.05) is 31.5 Å². The van der Waals surface area contributed by atoms with E-state index in [4.69, 9.17) is 5.73 Å². The van der Waals surface area contributed by atoms with Gasteiger partial charge in [-0.05, 0) is 55.3 Å². The van der Waals surface area contributed by atoms with Gasteiger partial charge in [0.15, 0.2) is 0 Å². The summed E-state index contributed by atoms with van der Waals surface area (Å²) in [7, 11) is 1.86. The van der Waals surface area contributed by atoms with Gasteiger partial charge in [-0.3, -0.25) is 14.6 Å². The van der Waals surface area contributed by atoms with E-state index in [2.05, 4.69) is 9.88 Å². The van der Waals surface area contributed by atoms with E-state index in [0.29, 0.717) is 5.56 Å². The molecule has 0 bridgehead atoms. The summed E-state index contributed by atoms with van der Waals surface area (Å²) in [5.74, 6) is -0.429. The molecule has 2 N–H and O–H groups in total. The minimum atomic E-state index is -0.466. The first-order valence-corrected chi connectivity index (χ1v) is 9.31. The summed E-state index contributed by atoms with van der Waals surface area (Å²) >= 11 is 0. The summed E-state index contributed by atoms with van der Waals surface area (Å²) in [6.07, 6.45) is 6.30. The number of hydrogen-bond acceptors (Lipinski definition) is 4. The summed E-state index contributed by atoms with van der Waals surface area (Å²) in [6, 6.07) is 10.8. The average molecular weight is 366 g/mol. The van der Waals surface area contributed by atoms with E-state index in [1.165, 1.54) is 12.8 Å². The average Bonchev–Trinajstić information content (AvgIpc) is 3.20. The second-order valence-corrected chi connectivity index (χ2v) is 7.05. The number of nitrogens with zero attached hydrogens (tertiary/aromatic N) is 3. The zero-order chi connectivity index (χ0) is 19.2. The fraction of sp³-hybridized carbons (Fsp3) is 0.381. The van der Waals surface area contributed by atoms with Crippen LogP contribution in [0.5, 0.6) is 0 Å². The van der Waals surface area contributed by atoms with E-state index in [0.717, 1.165) is 30.8 Å². The lowest BCUT2D eigenvalue weighted by Gasteiger charge is -2.32. The number of carbonyl (C=O) groups is 2. The minimum Gasteiger partial charge on any atom is -0.366 e. The molecule has 1 fully saturated rings. The number of hydrogen-bond donors (Lipinski definition) is 1. The fourth-order valence-electron chi connectivity index (χ4n) is 3.49. The number of likely N-dealkylation sites (tertiary alicyclic amines) is 1. The molecule has 3 rings (SSSR count). The first-order valence-electron chi connectivity index (χ1n) is 9.31. The lowest BCUT2D eigenvalue weighted by molar-refractivity contribution is -0.131. The Balaban J connectivity index is 1.72. The molecule has 2 aromatic rings. The Morgan fingerprint density at radius 1 is 1.19 bits per heavy atom. The third kappa shape index (κ3) is 4.92. The highest BCUT2D eigenvalue weighted by Crippen LogP contribution is 2.23. The Morgan fingerprint density at radius 2 is 1.89 bits per heavy atom. The summed E-state index contributed by atoms with van der Waals surface area (Å²) in [5, 5.41) is 0. The van der Waals surface area contributed by atoms with Crippen LogP contribution < -0.4 is 5.73 Å². The number of rotatable bonds is 7. The topological polar surface area (TPSA) is 79.5 Å². The van der Waals surface area contributed by atoms with Crippen LogP contribution in [0.3, 0.4) is 0 Å². The van der Waals surface area contributed by atoms with Gasteiger partial charge in [0.2, 0.25) is 11.8 Å². The number of carbonyl (C=O) groups excluding carboxylic acids is 2. The van der Waals surface area contributed by atoms with Crippen LogP contribution in [0.1, 0.15) is 40.4 Å². The van der Waals surface area contributed by atoms with Crippen LogP contribution in [0.15, 0.2) is 48.8 Å². The summed E-state index contributed by atoms with van der Waals surface area (Å²) in [4.78, 5) is 32.6. The SMILES string of the molecule is CN(C(=O)Cc1ccc(C(N)=O)cc1)C(CN1CCCC1)c1cccnc1. The van der Waals surface area contributed by atoms with E-state index in [1.54, 1.807) is 30.5 Å². The van der Waals surface area contributed by atoms with Gasteiger partial charge < -0.3 is 15.5 Å². The first-order chi connectivity index (χ1) is 13.0. The van der Waals surface area contributed by atoms with Crippen LogP contribution in [-0.4, -0.2) is 53.3 Å². The largest absolute Gasteiger partial charge is 0.366 e. The Hall–Kier alpha value is -2.73. The molecule has 2 amide bonds. The van der Waals surface area contributed by atoms with Crippen LogP contribution >= 0.6 is 0 Å². The zero-order valence-corrected chi connectivity index (χ0v) is 15.7. The van der Waals surface area contributed by atoms with Gasteiger partial charge >= 0.3 is 0 Å². The van der Waals surface area contributed by atoms with E-state index in [9.17, 15) is 9.59 Å². The van der Waals surface area contributed by atoms with Gasteiger partial charge in [-0.2, -0.15) is 0 Å². The maximum atomic E-state index is 12.9. The summed E-state index contributed by atoms with van der Waals surface area (Å²) in [6.45, 7) is 2.97. The Morgan fingerprint density at radius 3 is 2.48 bits per heavy atom. The number of aromatic nitrogens is 1. The number of nitrogens with two attached hydrogens (primary N) is 1. The van der Waals surface area contributed by atoms with Crippen LogP contribution in [0.4, 0.5) is 0 Å². The second-order valence-electron chi connectivity index (χ2n) is 7.05. The normalized spacial score (nSPS) is 15.4. The molecule has 1 atom stereocenters. The smallest absolute Gasteiger partial charge is 0.248 e. The summed E-state index contributed by atoms with van der Waals surface area (Å²) < 4.78 is 0. The van der Waals surface area contributed by atoms with Crippen molar-refractivity contribution >= 4 is 11.8 Å². The Bertz CT molecular complexity index is 771. The third-order valence-corrected chi connectivity index (χ3v) is 5.15. The van der Waals surface area contributed by atoms with E-state index in [1.807, 2.05) is 30.3 Å². The van der Waals surface area contributed by atoms with Gasteiger partial charge in [0.25, 0.3) is 0 Å². The predicted octanol–water partition coefficient (Wildman–Crippen LogP) is 2.02. The molecule has 142 valence electrons. The van der Waals surface area contributed by atoms with Crippen molar-refractivity contribution in [3.8, 4) is 0 Å². The molecular weight excluding hydrogens is 340 g/mol. The van der Waals surface area contributed by atoms with Crippen molar-refractivity contribution in [1.29, 1.82) is 0 Å². The van der Waals surface area contributed by atoms with Gasteiger partial charge in [-0.25, -0.2) is 0 Å². The monoisotopic (exact) mass is 366 g/mol. The maximum Gasteiger partial charge on any atom is 0.248 e. The van der Waals surface area contributed by atoms with Crippen molar-refractivity contribution < 1.29 is 9.59 Å². The molecule has 0 spiro atoms. The van der Waals surface area contributed by atoms with E-state index in [-0.39, 0.29) is 18.4 Å². The number of primary amides is 1. The first kappa shape index (κ1) is 19.0. The molecule has 1 aliphatic rings. The quantitative estimate of drug-likeness (QED) is 0.813. The highest BCUT2D eigenvalue weighted by Gasteiger charge is 2.25. The standard InChI is InChI=1S/C21H26N4O2/c1-24(20(26)13-16-6-8-17(9-7-16)21(22)27)19(15-25-11-2-3-12-25)18-5-4-10-23-14-18/h4-10,14,19H,2-3,11-13,15H2,1H3,(H2,22,27). The number of amides is 2. The predicted molar refractivity (Wildman–Crippen MR) is 104 cm³/mol. The van der Waals surface area contributed by atoms with Crippen molar-refractivity contribution in [2.45, 2.75) is 25.3 Å². The number of benzene rings is 1. The van der Waals surface area contributed by atoms with Crippen LogP contribution in [0, 0.1) is 0 Å². The Labute approximate surface area is 160 Å². The molecule has 0 aliphatic carbocycles. The van der Waals surface area contributed by atoms with Gasteiger partial charge in [0.05, 0.1) is 12.5 Å². The van der Waals surface area contributed by atoms with Crippen molar-refractivity contribution in [3.63, 3.8) is 0 Å². The van der Waals surface area contributed by atoms with Gasteiger partial charge in [0.1, 0.15) is 0 Å². The van der Waals surface area contributed by atoms with Crippen molar-refractivity contribution in [2.24, 2.45) is 5.73 Å². The molecular formula is C21H26N4O2. The molecule has 0 saturated carbocycles. The Kier molecular flexibility index (Phi) is 6.19. The van der Waals surface area contributed by atoms with Crippen molar-refractivity contribution in [1.82, 2.24) is 14.8 Å². The zero-order valence-electron chi connectivity index (χ0n) is 15.7. The molecule has 6 heteroatoms. The minimum absolute atomic E-state index is 0.0332. The second kappa shape index (κ2) is 8.77. The highest BCUT2D eigenvalue weighted by molar-refractivity contribution is 5.92. The third-order valence-electron chi connectivity index (χ3n) is 5.15. The molecule has 1 saturated heterocycles. The van der Waals surface area contributed by atoms with Crippen molar-refractivity contribution in [3.05, 3.63) is 65.5 Å². The van der Waals surface area contributed by atoms with Gasteiger partial charge in [-0.1, -0.05) is 18.2 Å². The summed E-state index contributed by atoms with van der Waals surface area (Å²) in [5.41, 5.74) is 7.63. The molecule has 1 aromatic carbocycles. The van der Waals surface area contributed by atoms with Crippen LogP contribution in [0.25, 0.3) is 0 Å². The fourth-order valence-corrected chi connectivity index (χ4v) is 3.49. The van der Waals surface area contributed by atoms with E-state index < -0.39 is 5.91 Å². The maximum absolute atomic E-state index is 12.9. The molecule has 6 nitrogen and oxygen atoms in total. The lowest BCUT2D eigenvalue weighted by atomic mass is 10.0. The molecule has 1 aromatic heterocycles. The van der Waals surface area contributed by atoms with E-state index >= 15 is 0 Å². The van der Waals surface area contributed by atoms with Gasteiger partial charge in [-0.15, -0.1) is 0 Å². The molecule has 2 heterocycles. The van der Waals surface area contributed by atoms with Crippen LogP contribution in [-0.2, 0) is 11.2 Å². The molecule has 1 aliphatic heterocycles. The van der Waals surface area contributed by atoms with Crippen molar-refractivity contribution in [2.75, 3.05) is 26.7 Å². The molecule has 27 heavy (non-hydrogen) atoms. The molecule has 0 radical (unpaired) electrons. The lowest BCUT2D eigenvalue weighted by Crippen LogP contribution is -2.39.